The molecule has 0 saturated carbocycles. The Kier molecular flexibility index (Phi) is 4.38. The standard InChI is InChI=1S/C12H14BrN3O2S/c13-7-2-1-3-8(10(7)12(15)19)16-4-5-18-6-9(16)11(14)17/h1-3,9H,4-6H2,(H2,14,17)(H2,15,19). The number of rotatable bonds is 3. The number of hydrogen-bond donors (Lipinski definition) is 2. The Hall–Kier alpha value is -1.18. The number of anilines is 1. The number of amides is 1. The number of nitrogens with zero attached hydrogens (tertiary/aromatic N) is 1. The molecule has 102 valence electrons. The minimum Gasteiger partial charge on any atom is -0.389 e. The second kappa shape index (κ2) is 5.85. The highest BCUT2D eigenvalue weighted by molar-refractivity contribution is 9.10. The number of ether oxygens (including phenoxy) is 1. The fourth-order valence-corrected chi connectivity index (χ4v) is 3.04. The third-order valence-corrected chi connectivity index (χ3v) is 3.87. The summed E-state index contributed by atoms with van der Waals surface area (Å²) in [5, 5.41) is 0. The summed E-state index contributed by atoms with van der Waals surface area (Å²) in [6.45, 7) is 1.38. The lowest BCUT2D eigenvalue weighted by molar-refractivity contribution is -0.121. The first-order chi connectivity index (χ1) is 9.02. The molecule has 0 bridgehead atoms. The van der Waals surface area contributed by atoms with Crippen LogP contribution in [0.4, 0.5) is 5.69 Å². The number of primary amides is 1. The molecule has 1 aliphatic heterocycles. The van der Waals surface area contributed by atoms with Crippen molar-refractivity contribution in [2.45, 2.75) is 6.04 Å². The van der Waals surface area contributed by atoms with Crippen molar-refractivity contribution in [3.8, 4) is 0 Å². The molecule has 0 aliphatic carbocycles. The number of nitrogens with two attached hydrogens (primary N) is 2. The zero-order valence-electron chi connectivity index (χ0n) is 10.1. The number of carbonyl (C=O) groups is 1. The Balaban J connectivity index is 2.47. The van der Waals surface area contributed by atoms with Crippen LogP contribution in [0.25, 0.3) is 0 Å². The van der Waals surface area contributed by atoms with Crippen LogP contribution in [0, 0.1) is 0 Å². The van der Waals surface area contributed by atoms with Crippen molar-refractivity contribution in [3.05, 3.63) is 28.2 Å². The van der Waals surface area contributed by atoms with Crippen LogP contribution < -0.4 is 16.4 Å². The van der Waals surface area contributed by atoms with Gasteiger partial charge in [-0.3, -0.25) is 4.79 Å². The molecule has 7 heteroatoms. The third-order valence-electron chi connectivity index (χ3n) is 3.00. The molecule has 0 aromatic heterocycles. The van der Waals surface area contributed by atoms with E-state index in [1.807, 2.05) is 23.1 Å². The van der Waals surface area contributed by atoms with Crippen LogP contribution in [0.2, 0.25) is 0 Å². The summed E-state index contributed by atoms with van der Waals surface area (Å²) < 4.78 is 6.11. The SMILES string of the molecule is NC(=O)C1COCCN1c1cccc(Br)c1C(N)=S. The quantitative estimate of drug-likeness (QED) is 0.792. The summed E-state index contributed by atoms with van der Waals surface area (Å²) in [5.41, 5.74) is 12.7. The van der Waals surface area contributed by atoms with Gasteiger partial charge in [0.2, 0.25) is 5.91 Å². The first-order valence-electron chi connectivity index (χ1n) is 5.74. The van der Waals surface area contributed by atoms with E-state index in [1.165, 1.54) is 0 Å². The summed E-state index contributed by atoms with van der Waals surface area (Å²) in [6, 6.07) is 5.10. The van der Waals surface area contributed by atoms with Gasteiger partial charge >= 0.3 is 0 Å². The van der Waals surface area contributed by atoms with Gasteiger partial charge in [0.25, 0.3) is 0 Å². The average molecular weight is 344 g/mol. The fourth-order valence-electron chi connectivity index (χ4n) is 2.12. The molecule has 5 nitrogen and oxygen atoms in total. The van der Waals surface area contributed by atoms with E-state index in [4.69, 9.17) is 28.4 Å². The molecular formula is C12H14BrN3O2S. The van der Waals surface area contributed by atoms with Crippen LogP contribution in [-0.4, -0.2) is 36.7 Å². The third kappa shape index (κ3) is 2.88. The summed E-state index contributed by atoms with van der Waals surface area (Å²) in [4.78, 5) is 13.7. The van der Waals surface area contributed by atoms with Gasteiger partial charge in [0.1, 0.15) is 11.0 Å². The van der Waals surface area contributed by atoms with Gasteiger partial charge < -0.3 is 21.1 Å². The van der Waals surface area contributed by atoms with Crippen LogP contribution in [0.3, 0.4) is 0 Å². The molecule has 1 aromatic rings. The van der Waals surface area contributed by atoms with Crippen LogP contribution in [0.15, 0.2) is 22.7 Å². The first kappa shape index (κ1) is 14.2. The van der Waals surface area contributed by atoms with E-state index in [9.17, 15) is 4.79 Å². The summed E-state index contributed by atoms with van der Waals surface area (Å²) in [7, 11) is 0. The van der Waals surface area contributed by atoms with Crippen molar-refractivity contribution in [1.29, 1.82) is 0 Å². The second-order valence-electron chi connectivity index (χ2n) is 4.18. The summed E-state index contributed by atoms with van der Waals surface area (Å²) in [6.07, 6.45) is 0. The van der Waals surface area contributed by atoms with E-state index < -0.39 is 11.9 Å². The van der Waals surface area contributed by atoms with E-state index in [-0.39, 0.29) is 11.6 Å². The molecule has 19 heavy (non-hydrogen) atoms. The average Bonchev–Trinajstić information content (AvgIpc) is 2.37. The largest absolute Gasteiger partial charge is 0.389 e. The van der Waals surface area contributed by atoms with Crippen molar-refractivity contribution in [2.75, 3.05) is 24.7 Å². The maximum Gasteiger partial charge on any atom is 0.242 e. The lowest BCUT2D eigenvalue weighted by Gasteiger charge is -2.36. The Labute approximate surface area is 125 Å². The highest BCUT2D eigenvalue weighted by atomic mass is 79.9. The Morgan fingerprint density at radius 2 is 2.21 bits per heavy atom. The van der Waals surface area contributed by atoms with Crippen LogP contribution in [0.1, 0.15) is 5.56 Å². The lowest BCUT2D eigenvalue weighted by atomic mass is 10.1. The highest BCUT2D eigenvalue weighted by Crippen LogP contribution is 2.30. The van der Waals surface area contributed by atoms with Crippen molar-refractivity contribution in [3.63, 3.8) is 0 Å². The maximum atomic E-state index is 11.5. The predicted octanol–water partition coefficient (Wildman–Crippen LogP) is 0.774. The van der Waals surface area contributed by atoms with Gasteiger partial charge in [0.05, 0.1) is 13.2 Å². The minimum absolute atomic E-state index is 0.275. The number of hydrogen-bond acceptors (Lipinski definition) is 4. The normalized spacial score (nSPS) is 19.2. The predicted molar refractivity (Wildman–Crippen MR) is 81.2 cm³/mol. The number of morpholine rings is 1. The molecule has 1 fully saturated rings. The topological polar surface area (TPSA) is 81.6 Å². The van der Waals surface area contributed by atoms with Crippen molar-refractivity contribution >= 4 is 44.7 Å². The van der Waals surface area contributed by atoms with Gasteiger partial charge in [0.15, 0.2) is 0 Å². The molecule has 0 spiro atoms. The van der Waals surface area contributed by atoms with Gasteiger partial charge in [-0.1, -0.05) is 18.3 Å². The van der Waals surface area contributed by atoms with Crippen molar-refractivity contribution in [1.82, 2.24) is 0 Å². The molecule has 1 aliphatic rings. The molecular weight excluding hydrogens is 330 g/mol. The number of benzene rings is 1. The Morgan fingerprint density at radius 3 is 2.84 bits per heavy atom. The molecule has 1 heterocycles. The first-order valence-corrected chi connectivity index (χ1v) is 6.94. The van der Waals surface area contributed by atoms with Gasteiger partial charge in [-0.05, 0) is 28.1 Å². The van der Waals surface area contributed by atoms with Gasteiger partial charge in [-0.2, -0.15) is 0 Å². The van der Waals surface area contributed by atoms with Crippen molar-refractivity contribution in [2.24, 2.45) is 11.5 Å². The molecule has 4 N–H and O–H groups in total. The van der Waals surface area contributed by atoms with Crippen molar-refractivity contribution < 1.29 is 9.53 Å². The van der Waals surface area contributed by atoms with Crippen LogP contribution >= 0.6 is 28.1 Å². The van der Waals surface area contributed by atoms with Gasteiger partial charge in [-0.15, -0.1) is 0 Å². The molecule has 1 saturated heterocycles. The van der Waals surface area contributed by atoms with Gasteiger partial charge in [-0.25, -0.2) is 0 Å². The summed E-state index contributed by atoms with van der Waals surface area (Å²) in [5.74, 6) is -0.423. The lowest BCUT2D eigenvalue weighted by Crippen LogP contribution is -2.53. The molecule has 1 unspecified atom stereocenters. The zero-order valence-corrected chi connectivity index (χ0v) is 12.5. The van der Waals surface area contributed by atoms with Crippen LogP contribution in [0.5, 0.6) is 0 Å². The zero-order chi connectivity index (χ0) is 14.0. The molecule has 1 amide bonds. The van der Waals surface area contributed by atoms with Gasteiger partial charge in [0, 0.05) is 22.3 Å². The molecule has 0 radical (unpaired) electrons. The Bertz CT molecular complexity index is 524. The Morgan fingerprint density at radius 1 is 1.47 bits per heavy atom. The summed E-state index contributed by atoms with van der Waals surface area (Å²) >= 11 is 8.51. The smallest absolute Gasteiger partial charge is 0.242 e. The second-order valence-corrected chi connectivity index (χ2v) is 5.48. The number of carbonyl (C=O) groups excluding carboxylic acids is 1. The minimum atomic E-state index is -0.504. The molecule has 1 aromatic carbocycles. The van der Waals surface area contributed by atoms with E-state index in [2.05, 4.69) is 15.9 Å². The monoisotopic (exact) mass is 343 g/mol. The molecule has 1 atom stereocenters. The highest BCUT2D eigenvalue weighted by Gasteiger charge is 2.30. The maximum absolute atomic E-state index is 11.5. The number of thiocarbonyl (C=S) groups is 1. The molecule has 2 rings (SSSR count). The number of halogens is 1. The van der Waals surface area contributed by atoms with Crippen LogP contribution in [-0.2, 0) is 9.53 Å². The van der Waals surface area contributed by atoms with E-state index in [1.54, 1.807) is 0 Å². The van der Waals surface area contributed by atoms with E-state index >= 15 is 0 Å². The fraction of sp³-hybridized carbons (Fsp3) is 0.333. The van der Waals surface area contributed by atoms with E-state index in [0.717, 1.165) is 10.2 Å². The van der Waals surface area contributed by atoms with E-state index in [0.29, 0.717) is 18.7 Å².